The summed E-state index contributed by atoms with van der Waals surface area (Å²) in [7, 11) is 1.80. The molecule has 0 radical (unpaired) electrons. The summed E-state index contributed by atoms with van der Waals surface area (Å²) in [6.45, 7) is 10.2. The topological polar surface area (TPSA) is 52.8 Å². The van der Waals surface area contributed by atoms with Crippen LogP contribution in [0.4, 0.5) is 0 Å². The molecule has 0 aliphatic carbocycles. The van der Waals surface area contributed by atoms with Gasteiger partial charge in [0.2, 0.25) is 0 Å². The zero-order chi connectivity index (χ0) is 14.8. The molecule has 0 aliphatic heterocycles. The van der Waals surface area contributed by atoms with E-state index in [9.17, 15) is 0 Å². The van der Waals surface area contributed by atoms with E-state index in [0.717, 1.165) is 44.3 Å². The largest absolute Gasteiger partial charge is 0.468 e. The summed E-state index contributed by atoms with van der Waals surface area (Å²) >= 11 is 0. The number of halogens is 1. The van der Waals surface area contributed by atoms with Gasteiger partial charge in [-0.15, -0.1) is 24.0 Å². The summed E-state index contributed by atoms with van der Waals surface area (Å²) in [5, 5.41) is 6.66. The lowest BCUT2D eigenvalue weighted by atomic mass is 10.2. The number of likely N-dealkylation sites (N-methyl/N-ethyl adjacent to an activating group) is 1. The normalized spacial score (nSPS) is 12.9. The van der Waals surface area contributed by atoms with Crippen molar-refractivity contribution in [2.75, 3.05) is 33.2 Å². The molecular weight excluding hydrogens is 379 g/mol. The van der Waals surface area contributed by atoms with E-state index in [1.54, 1.807) is 13.3 Å². The second-order valence-electron chi connectivity index (χ2n) is 4.63. The molecule has 1 rings (SSSR count). The minimum Gasteiger partial charge on any atom is -0.468 e. The first-order valence-corrected chi connectivity index (χ1v) is 7.48. The number of rotatable bonds is 8. The molecule has 0 aliphatic rings. The predicted octanol–water partition coefficient (Wildman–Crippen LogP) is 2.86. The minimum atomic E-state index is 0. The molecule has 21 heavy (non-hydrogen) atoms. The Balaban J connectivity index is 0.00000400. The lowest BCUT2D eigenvalue weighted by molar-refractivity contribution is 0.193. The summed E-state index contributed by atoms with van der Waals surface area (Å²) in [5.41, 5.74) is 0. The number of hydrogen-bond acceptors (Lipinski definition) is 3. The average Bonchev–Trinajstić information content (AvgIpc) is 3.00. The Hall–Kier alpha value is -0.760. The van der Waals surface area contributed by atoms with Crippen LogP contribution in [0.1, 0.15) is 39.0 Å². The summed E-state index contributed by atoms with van der Waals surface area (Å²) in [6.07, 6.45) is 2.81. The van der Waals surface area contributed by atoms with Gasteiger partial charge in [-0.3, -0.25) is 9.89 Å². The predicted molar refractivity (Wildman–Crippen MR) is 99.4 cm³/mol. The highest BCUT2D eigenvalue weighted by Crippen LogP contribution is 2.20. The maximum absolute atomic E-state index is 5.59. The Morgan fingerprint density at radius 3 is 2.48 bits per heavy atom. The monoisotopic (exact) mass is 408 g/mol. The Labute approximate surface area is 145 Å². The van der Waals surface area contributed by atoms with Gasteiger partial charge in [0.1, 0.15) is 5.76 Å². The maximum atomic E-state index is 5.59. The molecule has 1 aromatic rings. The van der Waals surface area contributed by atoms with Crippen molar-refractivity contribution in [3.63, 3.8) is 0 Å². The van der Waals surface area contributed by atoms with Crippen LogP contribution in [0.15, 0.2) is 27.8 Å². The quantitative estimate of drug-likeness (QED) is 0.395. The van der Waals surface area contributed by atoms with Crippen molar-refractivity contribution < 1.29 is 4.42 Å². The molecule has 0 saturated carbocycles. The highest BCUT2D eigenvalue weighted by molar-refractivity contribution is 14.0. The first-order chi connectivity index (χ1) is 9.76. The molecule has 1 aromatic heterocycles. The summed E-state index contributed by atoms with van der Waals surface area (Å²) < 4.78 is 5.59. The zero-order valence-electron chi connectivity index (χ0n) is 13.6. The highest BCUT2D eigenvalue weighted by Gasteiger charge is 2.20. The van der Waals surface area contributed by atoms with Gasteiger partial charge in [-0.1, -0.05) is 20.8 Å². The van der Waals surface area contributed by atoms with E-state index in [2.05, 4.69) is 41.3 Å². The fourth-order valence-electron chi connectivity index (χ4n) is 2.21. The number of nitrogens with zero attached hydrogens (tertiary/aromatic N) is 2. The van der Waals surface area contributed by atoms with Crippen LogP contribution in [0.5, 0.6) is 0 Å². The van der Waals surface area contributed by atoms with Gasteiger partial charge >= 0.3 is 0 Å². The van der Waals surface area contributed by atoms with Crippen molar-refractivity contribution in [2.45, 2.75) is 33.2 Å². The summed E-state index contributed by atoms with van der Waals surface area (Å²) in [4.78, 5) is 6.61. The molecule has 1 heterocycles. The van der Waals surface area contributed by atoms with Gasteiger partial charge < -0.3 is 15.1 Å². The second kappa shape index (κ2) is 11.9. The third kappa shape index (κ3) is 6.69. The van der Waals surface area contributed by atoms with Crippen LogP contribution in [-0.2, 0) is 0 Å². The SMILES string of the molecule is CCCNC(=NC)NCC(c1ccco1)N(CC)CC.I. The molecule has 0 saturated heterocycles. The number of hydrogen-bond donors (Lipinski definition) is 2. The molecule has 2 N–H and O–H groups in total. The summed E-state index contributed by atoms with van der Waals surface area (Å²) in [5.74, 6) is 1.84. The standard InChI is InChI=1S/C15H28N4O.HI/c1-5-10-17-15(16-4)18-12-13(19(6-2)7-3)14-9-8-11-20-14;/h8-9,11,13H,5-7,10,12H2,1-4H3,(H2,16,17,18);1H. The highest BCUT2D eigenvalue weighted by atomic mass is 127. The van der Waals surface area contributed by atoms with Crippen LogP contribution in [0, 0.1) is 0 Å². The average molecular weight is 408 g/mol. The van der Waals surface area contributed by atoms with E-state index in [4.69, 9.17) is 4.42 Å². The molecular formula is C15H29IN4O. The minimum absolute atomic E-state index is 0. The van der Waals surface area contributed by atoms with E-state index in [1.165, 1.54) is 0 Å². The van der Waals surface area contributed by atoms with Crippen LogP contribution in [0.2, 0.25) is 0 Å². The van der Waals surface area contributed by atoms with Gasteiger partial charge in [-0.05, 0) is 31.6 Å². The van der Waals surface area contributed by atoms with Crippen molar-refractivity contribution >= 4 is 29.9 Å². The van der Waals surface area contributed by atoms with Crippen molar-refractivity contribution in [1.82, 2.24) is 15.5 Å². The van der Waals surface area contributed by atoms with E-state index in [-0.39, 0.29) is 30.0 Å². The Morgan fingerprint density at radius 1 is 1.29 bits per heavy atom. The van der Waals surface area contributed by atoms with E-state index >= 15 is 0 Å². The van der Waals surface area contributed by atoms with Crippen molar-refractivity contribution in [3.8, 4) is 0 Å². The van der Waals surface area contributed by atoms with Crippen LogP contribution < -0.4 is 10.6 Å². The third-order valence-electron chi connectivity index (χ3n) is 3.35. The zero-order valence-corrected chi connectivity index (χ0v) is 15.9. The van der Waals surface area contributed by atoms with Gasteiger partial charge in [0, 0.05) is 20.1 Å². The fraction of sp³-hybridized carbons (Fsp3) is 0.667. The molecule has 0 fully saturated rings. The summed E-state index contributed by atoms with van der Waals surface area (Å²) in [6, 6.07) is 4.20. The number of guanidine groups is 1. The first kappa shape index (κ1) is 20.2. The van der Waals surface area contributed by atoms with Crippen molar-refractivity contribution in [2.24, 2.45) is 4.99 Å². The van der Waals surface area contributed by atoms with Crippen LogP contribution in [0.3, 0.4) is 0 Å². The van der Waals surface area contributed by atoms with Crippen LogP contribution >= 0.6 is 24.0 Å². The van der Waals surface area contributed by atoms with Gasteiger partial charge in [0.05, 0.1) is 12.3 Å². The number of furan rings is 1. The van der Waals surface area contributed by atoms with E-state index in [0.29, 0.717) is 0 Å². The Morgan fingerprint density at radius 2 is 2.00 bits per heavy atom. The van der Waals surface area contributed by atoms with Gasteiger partial charge in [-0.25, -0.2) is 0 Å². The molecule has 122 valence electrons. The molecule has 0 amide bonds. The maximum Gasteiger partial charge on any atom is 0.191 e. The molecule has 5 nitrogen and oxygen atoms in total. The van der Waals surface area contributed by atoms with Gasteiger partial charge in [0.15, 0.2) is 5.96 Å². The molecule has 0 spiro atoms. The molecule has 1 atom stereocenters. The van der Waals surface area contributed by atoms with Gasteiger partial charge in [0.25, 0.3) is 0 Å². The Kier molecular flexibility index (Phi) is 11.4. The van der Waals surface area contributed by atoms with E-state index in [1.807, 2.05) is 12.1 Å². The molecule has 0 bridgehead atoms. The number of aliphatic imine (C=N–C) groups is 1. The molecule has 6 heteroatoms. The van der Waals surface area contributed by atoms with Gasteiger partial charge in [-0.2, -0.15) is 0 Å². The third-order valence-corrected chi connectivity index (χ3v) is 3.35. The molecule has 0 aromatic carbocycles. The van der Waals surface area contributed by atoms with Crippen molar-refractivity contribution in [3.05, 3.63) is 24.2 Å². The smallest absolute Gasteiger partial charge is 0.191 e. The van der Waals surface area contributed by atoms with Crippen LogP contribution in [0.25, 0.3) is 0 Å². The lowest BCUT2D eigenvalue weighted by Gasteiger charge is -2.28. The van der Waals surface area contributed by atoms with E-state index < -0.39 is 0 Å². The molecule has 1 unspecified atom stereocenters. The number of nitrogens with one attached hydrogen (secondary N) is 2. The Bertz CT molecular complexity index is 377. The lowest BCUT2D eigenvalue weighted by Crippen LogP contribution is -2.43. The van der Waals surface area contributed by atoms with Crippen molar-refractivity contribution in [1.29, 1.82) is 0 Å². The van der Waals surface area contributed by atoms with Crippen LogP contribution in [-0.4, -0.2) is 44.1 Å². The first-order valence-electron chi connectivity index (χ1n) is 7.48. The fourth-order valence-corrected chi connectivity index (χ4v) is 2.21. The second-order valence-corrected chi connectivity index (χ2v) is 4.63.